The Balaban J connectivity index is 1.76. The Kier molecular flexibility index (Phi) is 5.49. The Morgan fingerprint density at radius 1 is 1.31 bits per heavy atom. The fourth-order valence-electron chi connectivity index (χ4n) is 2.45. The number of halogens is 1. The molecule has 1 atom stereocenters. The highest BCUT2D eigenvalue weighted by Gasteiger charge is 2.27. The van der Waals surface area contributed by atoms with E-state index >= 15 is 0 Å². The van der Waals surface area contributed by atoms with Crippen LogP contribution in [0.15, 0.2) is 47.4 Å². The van der Waals surface area contributed by atoms with Crippen molar-refractivity contribution in [2.24, 2.45) is 0 Å². The van der Waals surface area contributed by atoms with Crippen molar-refractivity contribution in [1.82, 2.24) is 5.32 Å². The van der Waals surface area contributed by atoms with Gasteiger partial charge in [-0.05, 0) is 36.3 Å². The molecule has 0 aliphatic carbocycles. The lowest BCUT2D eigenvalue weighted by atomic mass is 10.1. The number of carbonyl (C=O) groups is 1. The second-order valence-electron chi connectivity index (χ2n) is 5.64. The third-order valence-electron chi connectivity index (χ3n) is 3.87. The second kappa shape index (κ2) is 7.80. The number of hydrogen-bond donors (Lipinski definition) is 2. The highest BCUT2D eigenvalue weighted by atomic mass is 35.5. The van der Waals surface area contributed by atoms with Gasteiger partial charge in [0.2, 0.25) is 0 Å². The molecule has 1 amide bonds. The van der Waals surface area contributed by atoms with Gasteiger partial charge in [0.1, 0.15) is 0 Å². The zero-order chi connectivity index (χ0) is 18.7. The van der Waals surface area contributed by atoms with E-state index in [2.05, 4.69) is 17.6 Å². The van der Waals surface area contributed by atoms with E-state index in [0.717, 1.165) is 12.1 Å². The maximum Gasteiger partial charge on any atom is 0.270 e. The zero-order valence-electron chi connectivity index (χ0n) is 13.9. The summed E-state index contributed by atoms with van der Waals surface area (Å²) in [5.74, 6) is -0.250. The number of carbonyl (C=O) groups excluding carboxylic acids is 1. The minimum Gasteiger partial charge on any atom is -0.357 e. The van der Waals surface area contributed by atoms with Crippen molar-refractivity contribution in [3.63, 3.8) is 0 Å². The molecular formula is C18H16ClN3O3S. The molecule has 1 fully saturated rings. The molecule has 1 aliphatic heterocycles. The highest BCUT2D eigenvalue weighted by Crippen LogP contribution is 2.32. The molecule has 6 nitrogen and oxygen atoms in total. The van der Waals surface area contributed by atoms with Crippen LogP contribution in [0.3, 0.4) is 0 Å². The van der Waals surface area contributed by atoms with Crippen LogP contribution >= 0.6 is 23.4 Å². The first kappa shape index (κ1) is 18.3. The Hall–Kier alpha value is -2.51. The van der Waals surface area contributed by atoms with E-state index in [9.17, 15) is 14.9 Å². The second-order valence-corrected chi connectivity index (χ2v) is 7.19. The first-order valence-corrected chi connectivity index (χ1v) is 9.20. The summed E-state index contributed by atoms with van der Waals surface area (Å²) in [5, 5.41) is 17.3. The molecular weight excluding hydrogens is 374 g/mol. The van der Waals surface area contributed by atoms with Gasteiger partial charge in [-0.1, -0.05) is 42.4 Å². The summed E-state index contributed by atoms with van der Waals surface area (Å²) < 4.78 is 0. The molecule has 0 unspecified atom stereocenters. The van der Waals surface area contributed by atoms with Gasteiger partial charge in [-0.25, -0.2) is 0 Å². The molecule has 2 N–H and O–H groups in total. The van der Waals surface area contributed by atoms with Crippen molar-refractivity contribution >= 4 is 46.7 Å². The van der Waals surface area contributed by atoms with Gasteiger partial charge in [0, 0.05) is 28.4 Å². The predicted octanol–water partition coefficient (Wildman–Crippen LogP) is 4.41. The van der Waals surface area contributed by atoms with E-state index in [4.69, 9.17) is 11.6 Å². The standard InChI is InChI=1S/C18H16ClN3O3S/c1-2-11-3-5-13(6-4-11)20-18-21-17(23)16(26-18)10-12-9-14(22(24)25)7-8-15(12)19/h3-10,18,20H,2H2,1H3,(H,21,23)/b16-10-/t18-/m0/s1. The topological polar surface area (TPSA) is 84.3 Å². The van der Waals surface area contributed by atoms with Crippen molar-refractivity contribution in [1.29, 1.82) is 0 Å². The van der Waals surface area contributed by atoms with Crippen molar-refractivity contribution in [2.45, 2.75) is 18.8 Å². The molecule has 0 saturated carbocycles. The Morgan fingerprint density at radius 3 is 2.69 bits per heavy atom. The summed E-state index contributed by atoms with van der Waals surface area (Å²) in [6.45, 7) is 2.09. The van der Waals surface area contributed by atoms with Crippen LogP contribution in [0.25, 0.3) is 6.08 Å². The first-order valence-electron chi connectivity index (χ1n) is 7.95. The number of anilines is 1. The van der Waals surface area contributed by atoms with Crippen LogP contribution in [0.5, 0.6) is 0 Å². The molecule has 2 aromatic carbocycles. The maximum atomic E-state index is 12.2. The number of hydrogen-bond acceptors (Lipinski definition) is 5. The lowest BCUT2D eigenvalue weighted by molar-refractivity contribution is -0.384. The van der Waals surface area contributed by atoms with Crippen LogP contribution in [-0.4, -0.2) is 16.3 Å². The van der Waals surface area contributed by atoms with Gasteiger partial charge in [-0.2, -0.15) is 0 Å². The van der Waals surface area contributed by atoms with Gasteiger partial charge in [0.25, 0.3) is 11.6 Å². The van der Waals surface area contributed by atoms with Crippen LogP contribution in [0, 0.1) is 10.1 Å². The van der Waals surface area contributed by atoms with Gasteiger partial charge in [0.15, 0.2) is 5.50 Å². The molecule has 26 heavy (non-hydrogen) atoms. The smallest absolute Gasteiger partial charge is 0.270 e. The molecule has 1 aliphatic rings. The van der Waals surface area contributed by atoms with E-state index in [-0.39, 0.29) is 17.1 Å². The monoisotopic (exact) mass is 389 g/mol. The van der Waals surface area contributed by atoms with Gasteiger partial charge >= 0.3 is 0 Å². The fraction of sp³-hybridized carbons (Fsp3) is 0.167. The van der Waals surface area contributed by atoms with E-state index in [1.54, 1.807) is 6.08 Å². The molecule has 2 aromatic rings. The van der Waals surface area contributed by atoms with Crippen LogP contribution in [0.2, 0.25) is 5.02 Å². The van der Waals surface area contributed by atoms with Crippen molar-refractivity contribution in [3.8, 4) is 0 Å². The molecule has 0 radical (unpaired) electrons. The van der Waals surface area contributed by atoms with E-state index in [1.165, 1.54) is 35.5 Å². The molecule has 0 bridgehead atoms. The van der Waals surface area contributed by atoms with Crippen LogP contribution in [0.1, 0.15) is 18.1 Å². The minimum atomic E-state index is -0.496. The number of rotatable bonds is 5. The van der Waals surface area contributed by atoms with Gasteiger partial charge in [-0.3, -0.25) is 14.9 Å². The number of nitrogens with zero attached hydrogens (tertiary/aromatic N) is 1. The molecule has 134 valence electrons. The average molecular weight is 390 g/mol. The lowest BCUT2D eigenvalue weighted by Gasteiger charge is -2.12. The third-order valence-corrected chi connectivity index (χ3v) is 5.24. The number of thioether (sulfide) groups is 1. The third kappa shape index (κ3) is 4.17. The highest BCUT2D eigenvalue weighted by molar-refractivity contribution is 8.05. The number of amides is 1. The van der Waals surface area contributed by atoms with E-state index in [0.29, 0.717) is 15.5 Å². The van der Waals surface area contributed by atoms with Crippen molar-refractivity contribution in [2.75, 3.05) is 5.32 Å². The number of nitro groups is 1. The lowest BCUT2D eigenvalue weighted by Crippen LogP contribution is -2.30. The average Bonchev–Trinajstić information content (AvgIpc) is 2.96. The maximum absolute atomic E-state index is 12.2. The van der Waals surface area contributed by atoms with Crippen molar-refractivity contribution < 1.29 is 9.72 Å². The molecule has 3 rings (SSSR count). The first-order chi connectivity index (χ1) is 12.5. The molecule has 1 heterocycles. The summed E-state index contributed by atoms with van der Waals surface area (Å²) in [6, 6.07) is 12.1. The normalized spacial score (nSPS) is 18.0. The number of aryl methyl sites for hydroxylation is 1. The van der Waals surface area contributed by atoms with Crippen LogP contribution in [-0.2, 0) is 11.2 Å². The van der Waals surface area contributed by atoms with E-state index in [1.807, 2.05) is 24.3 Å². The Labute approximate surface area is 159 Å². The summed E-state index contributed by atoms with van der Waals surface area (Å²) in [5.41, 5.74) is 2.18. The predicted molar refractivity (Wildman–Crippen MR) is 105 cm³/mol. The summed E-state index contributed by atoms with van der Waals surface area (Å²) in [4.78, 5) is 23.1. The number of nitrogens with one attached hydrogen (secondary N) is 2. The quantitative estimate of drug-likeness (QED) is 0.449. The van der Waals surface area contributed by atoms with Gasteiger partial charge < -0.3 is 10.6 Å². The Morgan fingerprint density at radius 2 is 2.04 bits per heavy atom. The number of benzene rings is 2. The van der Waals surface area contributed by atoms with Crippen molar-refractivity contribution in [3.05, 3.63) is 73.6 Å². The fourth-order valence-corrected chi connectivity index (χ4v) is 3.60. The van der Waals surface area contributed by atoms with Gasteiger partial charge in [0.05, 0.1) is 9.83 Å². The Bertz CT molecular complexity index is 884. The number of non-ortho nitro benzene ring substituents is 1. The van der Waals surface area contributed by atoms with Crippen LogP contribution in [0.4, 0.5) is 11.4 Å². The van der Waals surface area contributed by atoms with Gasteiger partial charge in [-0.15, -0.1) is 0 Å². The SMILES string of the molecule is CCc1ccc(N[C@H]2NC(=O)/C(=C/c3cc([N+](=O)[O-])ccc3Cl)S2)cc1. The zero-order valence-corrected chi connectivity index (χ0v) is 15.4. The molecule has 1 saturated heterocycles. The molecule has 8 heteroatoms. The summed E-state index contributed by atoms with van der Waals surface area (Å²) in [7, 11) is 0. The van der Waals surface area contributed by atoms with E-state index < -0.39 is 4.92 Å². The minimum absolute atomic E-state index is 0.0738. The largest absolute Gasteiger partial charge is 0.357 e. The molecule has 0 aromatic heterocycles. The van der Waals surface area contributed by atoms with Crippen LogP contribution < -0.4 is 10.6 Å². The summed E-state index contributed by atoms with van der Waals surface area (Å²) >= 11 is 7.40. The number of nitro benzene ring substituents is 1. The molecule has 0 spiro atoms. The summed E-state index contributed by atoms with van der Waals surface area (Å²) in [6.07, 6.45) is 2.53.